The standard InChI is InChI=1S/C22H29N3/c1-13-20(25(7)12-23-13)17-11-18-19(16-10-8-9-15(16)17)24-22(5,6)14(2)21(18,3)4/h11-12,24H,2,8-10H2,1,3-7H3. The molecule has 0 unspecified atom stereocenters. The molecule has 1 aromatic heterocycles. The summed E-state index contributed by atoms with van der Waals surface area (Å²) in [6, 6.07) is 2.41. The van der Waals surface area contributed by atoms with Crippen LogP contribution in [0, 0.1) is 6.92 Å². The van der Waals surface area contributed by atoms with Crippen LogP contribution in [0.1, 0.15) is 56.5 Å². The third kappa shape index (κ3) is 2.14. The first-order chi connectivity index (χ1) is 11.6. The van der Waals surface area contributed by atoms with Crippen LogP contribution in [0.5, 0.6) is 0 Å². The van der Waals surface area contributed by atoms with Gasteiger partial charge >= 0.3 is 0 Å². The van der Waals surface area contributed by atoms with Crippen molar-refractivity contribution in [2.45, 2.75) is 64.8 Å². The summed E-state index contributed by atoms with van der Waals surface area (Å²) in [5.74, 6) is 0. The molecule has 0 saturated carbocycles. The summed E-state index contributed by atoms with van der Waals surface area (Å²) in [4.78, 5) is 4.53. The van der Waals surface area contributed by atoms with E-state index in [-0.39, 0.29) is 11.0 Å². The smallest absolute Gasteiger partial charge is 0.0951 e. The highest BCUT2D eigenvalue weighted by atomic mass is 15.0. The summed E-state index contributed by atoms with van der Waals surface area (Å²) in [6.07, 6.45) is 5.48. The molecule has 2 heterocycles. The second kappa shape index (κ2) is 5.00. The van der Waals surface area contributed by atoms with Crippen LogP contribution in [0.25, 0.3) is 11.3 Å². The van der Waals surface area contributed by atoms with Gasteiger partial charge in [0, 0.05) is 23.7 Å². The Balaban J connectivity index is 2.06. The lowest BCUT2D eigenvalue weighted by molar-refractivity contribution is 0.489. The summed E-state index contributed by atoms with van der Waals surface area (Å²) < 4.78 is 2.16. The van der Waals surface area contributed by atoms with Crippen molar-refractivity contribution in [1.29, 1.82) is 0 Å². The molecule has 1 aromatic carbocycles. The molecule has 0 saturated heterocycles. The predicted octanol–water partition coefficient (Wildman–Crippen LogP) is 4.92. The third-order valence-electron chi connectivity index (χ3n) is 6.40. The van der Waals surface area contributed by atoms with Gasteiger partial charge in [0.15, 0.2) is 0 Å². The Morgan fingerprint density at radius 2 is 1.84 bits per heavy atom. The normalized spacial score (nSPS) is 20.2. The minimum atomic E-state index is -0.0865. The maximum atomic E-state index is 4.53. The molecule has 1 N–H and O–H groups in total. The van der Waals surface area contributed by atoms with Crippen LogP contribution in [-0.4, -0.2) is 15.1 Å². The number of imidazole rings is 1. The fraction of sp³-hybridized carbons (Fsp3) is 0.500. The van der Waals surface area contributed by atoms with Crippen LogP contribution in [0.3, 0.4) is 0 Å². The highest BCUT2D eigenvalue weighted by Gasteiger charge is 2.43. The van der Waals surface area contributed by atoms with E-state index in [2.05, 4.69) is 69.2 Å². The van der Waals surface area contributed by atoms with Crippen molar-refractivity contribution in [3.63, 3.8) is 0 Å². The van der Waals surface area contributed by atoms with Crippen LogP contribution in [0.15, 0.2) is 24.5 Å². The van der Waals surface area contributed by atoms with Gasteiger partial charge in [-0.15, -0.1) is 0 Å². The molecule has 132 valence electrons. The van der Waals surface area contributed by atoms with Gasteiger partial charge in [0.05, 0.1) is 23.3 Å². The number of aromatic nitrogens is 2. The number of rotatable bonds is 1. The van der Waals surface area contributed by atoms with Crippen LogP contribution in [-0.2, 0) is 25.3 Å². The molecular formula is C22H29N3. The SMILES string of the molecule is C=C1C(C)(C)Nc2c(cc(-c3c(C)ncn3C)c3c2CCC3)C1(C)C. The van der Waals surface area contributed by atoms with Gasteiger partial charge in [-0.25, -0.2) is 4.98 Å². The second-order valence-electron chi connectivity index (χ2n) is 8.80. The molecular weight excluding hydrogens is 306 g/mol. The highest BCUT2D eigenvalue weighted by Crippen LogP contribution is 2.51. The summed E-state index contributed by atoms with van der Waals surface area (Å²) >= 11 is 0. The van der Waals surface area contributed by atoms with Gasteiger partial charge < -0.3 is 9.88 Å². The predicted molar refractivity (Wildman–Crippen MR) is 105 cm³/mol. The lowest BCUT2D eigenvalue weighted by Gasteiger charge is -2.47. The first-order valence-electron chi connectivity index (χ1n) is 9.30. The van der Waals surface area contributed by atoms with Gasteiger partial charge in [-0.1, -0.05) is 20.4 Å². The summed E-state index contributed by atoms with van der Waals surface area (Å²) in [5.41, 5.74) is 10.6. The number of hydrogen-bond acceptors (Lipinski definition) is 2. The zero-order chi connectivity index (χ0) is 18.1. The van der Waals surface area contributed by atoms with E-state index < -0.39 is 0 Å². The average Bonchev–Trinajstić information content (AvgIpc) is 3.13. The largest absolute Gasteiger partial charge is 0.376 e. The van der Waals surface area contributed by atoms with E-state index in [9.17, 15) is 0 Å². The summed E-state index contributed by atoms with van der Waals surface area (Å²) in [6.45, 7) is 15.7. The van der Waals surface area contributed by atoms with Gasteiger partial charge in [0.1, 0.15) is 0 Å². The number of anilines is 1. The molecule has 0 bridgehead atoms. The lowest BCUT2D eigenvalue weighted by atomic mass is 9.66. The fourth-order valence-electron chi connectivity index (χ4n) is 4.89. The molecule has 2 aromatic rings. The van der Waals surface area contributed by atoms with E-state index in [0.717, 1.165) is 18.5 Å². The molecule has 25 heavy (non-hydrogen) atoms. The molecule has 0 amide bonds. The Kier molecular flexibility index (Phi) is 3.29. The molecule has 0 spiro atoms. The summed E-state index contributed by atoms with van der Waals surface area (Å²) in [7, 11) is 2.10. The number of aryl methyl sites for hydroxylation is 2. The van der Waals surface area contributed by atoms with E-state index in [1.165, 1.54) is 45.6 Å². The maximum absolute atomic E-state index is 4.53. The summed E-state index contributed by atoms with van der Waals surface area (Å²) in [5, 5.41) is 3.82. The molecule has 1 aliphatic carbocycles. The van der Waals surface area contributed by atoms with Crippen molar-refractivity contribution in [3.05, 3.63) is 46.9 Å². The maximum Gasteiger partial charge on any atom is 0.0951 e. The van der Waals surface area contributed by atoms with Gasteiger partial charge in [-0.2, -0.15) is 0 Å². The van der Waals surface area contributed by atoms with Crippen molar-refractivity contribution in [2.75, 3.05) is 5.32 Å². The van der Waals surface area contributed by atoms with E-state index >= 15 is 0 Å². The zero-order valence-electron chi connectivity index (χ0n) is 16.4. The van der Waals surface area contributed by atoms with Crippen molar-refractivity contribution in [1.82, 2.24) is 9.55 Å². The minimum Gasteiger partial charge on any atom is -0.376 e. The molecule has 0 fully saturated rings. The Labute approximate surface area is 151 Å². The lowest BCUT2D eigenvalue weighted by Crippen LogP contribution is -2.46. The molecule has 4 rings (SSSR count). The van der Waals surface area contributed by atoms with Crippen LogP contribution < -0.4 is 5.32 Å². The van der Waals surface area contributed by atoms with Crippen molar-refractivity contribution in [2.24, 2.45) is 7.05 Å². The minimum absolute atomic E-state index is 0.0526. The Bertz CT molecular complexity index is 877. The Morgan fingerprint density at radius 1 is 1.16 bits per heavy atom. The van der Waals surface area contributed by atoms with Gasteiger partial charge in [-0.05, 0) is 68.4 Å². The molecule has 0 atom stereocenters. The zero-order valence-corrected chi connectivity index (χ0v) is 16.4. The monoisotopic (exact) mass is 335 g/mol. The quantitative estimate of drug-likeness (QED) is 0.750. The van der Waals surface area contributed by atoms with E-state index in [1.807, 2.05) is 6.33 Å². The molecule has 3 heteroatoms. The fourth-order valence-corrected chi connectivity index (χ4v) is 4.89. The van der Waals surface area contributed by atoms with Crippen LogP contribution in [0.2, 0.25) is 0 Å². The van der Waals surface area contributed by atoms with Crippen molar-refractivity contribution in [3.8, 4) is 11.3 Å². The van der Waals surface area contributed by atoms with E-state index in [4.69, 9.17) is 0 Å². The first kappa shape index (κ1) is 16.4. The van der Waals surface area contributed by atoms with Gasteiger partial charge in [0.2, 0.25) is 0 Å². The average molecular weight is 335 g/mol. The number of nitrogens with zero attached hydrogens (tertiary/aromatic N) is 2. The van der Waals surface area contributed by atoms with Crippen LogP contribution in [0.4, 0.5) is 5.69 Å². The van der Waals surface area contributed by atoms with Crippen LogP contribution >= 0.6 is 0 Å². The van der Waals surface area contributed by atoms with Gasteiger partial charge in [0.25, 0.3) is 0 Å². The number of nitrogens with one attached hydrogen (secondary N) is 1. The number of hydrogen-bond donors (Lipinski definition) is 1. The third-order valence-corrected chi connectivity index (χ3v) is 6.40. The second-order valence-corrected chi connectivity index (χ2v) is 8.80. The molecule has 3 nitrogen and oxygen atoms in total. The molecule has 0 radical (unpaired) electrons. The Morgan fingerprint density at radius 3 is 2.48 bits per heavy atom. The van der Waals surface area contributed by atoms with E-state index in [0.29, 0.717) is 0 Å². The number of fused-ring (bicyclic) bond motifs is 3. The van der Waals surface area contributed by atoms with E-state index in [1.54, 1.807) is 0 Å². The Hall–Kier alpha value is -2.03. The highest BCUT2D eigenvalue weighted by molar-refractivity contribution is 5.80. The topological polar surface area (TPSA) is 29.9 Å². The van der Waals surface area contributed by atoms with Gasteiger partial charge in [-0.3, -0.25) is 0 Å². The number of benzene rings is 1. The van der Waals surface area contributed by atoms with Crippen molar-refractivity contribution < 1.29 is 0 Å². The molecule has 2 aliphatic rings. The van der Waals surface area contributed by atoms with Crippen molar-refractivity contribution >= 4 is 5.69 Å². The molecule has 1 aliphatic heterocycles. The first-order valence-corrected chi connectivity index (χ1v) is 9.30.